The summed E-state index contributed by atoms with van der Waals surface area (Å²) >= 11 is 5.89. The first-order valence-electron chi connectivity index (χ1n) is 6.95. The smallest absolute Gasteiger partial charge is 0.209 e. The van der Waals surface area contributed by atoms with Gasteiger partial charge in [-0.1, -0.05) is 11.6 Å². The lowest BCUT2D eigenvalue weighted by atomic mass is 10.2. The molecule has 3 rings (SSSR count). The van der Waals surface area contributed by atoms with Crippen LogP contribution in [0.1, 0.15) is 12.3 Å². The number of aromatic nitrogens is 1. The second kappa shape index (κ2) is 6.39. The quantitative estimate of drug-likeness (QED) is 0.944. The maximum atomic E-state index is 5.89. The van der Waals surface area contributed by atoms with Crippen molar-refractivity contribution in [3.63, 3.8) is 0 Å². The van der Waals surface area contributed by atoms with Gasteiger partial charge in [-0.05, 0) is 43.8 Å². The van der Waals surface area contributed by atoms with Crippen molar-refractivity contribution >= 4 is 11.6 Å². The lowest BCUT2D eigenvalue weighted by molar-refractivity contribution is 0.255. The maximum absolute atomic E-state index is 5.89. The second-order valence-corrected chi connectivity index (χ2v) is 5.44. The molecule has 20 heavy (non-hydrogen) atoms. The molecule has 0 saturated carbocycles. The fourth-order valence-corrected chi connectivity index (χ4v) is 2.51. The number of hydrogen-bond acceptors (Lipinski definition) is 4. The molecule has 1 fully saturated rings. The summed E-state index contributed by atoms with van der Waals surface area (Å²) in [4.78, 5) is 6.75. The standard InChI is InChI=1S/C15H18ClN3O/c16-13-4-2-12(3-5-13)14-10-18-15(20-14)11-19-8-1-6-17-7-9-19/h2-5,10,17H,1,6-9,11H2. The summed E-state index contributed by atoms with van der Waals surface area (Å²) in [5, 5.41) is 4.12. The number of oxazole rings is 1. The molecule has 106 valence electrons. The fourth-order valence-electron chi connectivity index (χ4n) is 2.38. The van der Waals surface area contributed by atoms with Crippen molar-refractivity contribution in [3.8, 4) is 11.3 Å². The fraction of sp³-hybridized carbons (Fsp3) is 0.400. The Kier molecular flexibility index (Phi) is 4.35. The molecule has 1 aliphatic rings. The van der Waals surface area contributed by atoms with Crippen molar-refractivity contribution in [1.82, 2.24) is 15.2 Å². The van der Waals surface area contributed by atoms with Crippen molar-refractivity contribution < 1.29 is 4.42 Å². The number of nitrogens with one attached hydrogen (secondary N) is 1. The molecule has 1 aromatic carbocycles. The summed E-state index contributed by atoms with van der Waals surface area (Å²) in [6, 6.07) is 7.62. The Morgan fingerprint density at radius 2 is 2.05 bits per heavy atom. The van der Waals surface area contributed by atoms with E-state index in [9.17, 15) is 0 Å². The highest BCUT2D eigenvalue weighted by Gasteiger charge is 2.13. The van der Waals surface area contributed by atoms with Crippen molar-refractivity contribution in [1.29, 1.82) is 0 Å². The van der Waals surface area contributed by atoms with E-state index in [0.717, 1.165) is 55.0 Å². The van der Waals surface area contributed by atoms with E-state index in [2.05, 4.69) is 15.2 Å². The van der Waals surface area contributed by atoms with Crippen molar-refractivity contribution in [3.05, 3.63) is 41.4 Å². The Labute approximate surface area is 123 Å². The Bertz CT molecular complexity index is 545. The van der Waals surface area contributed by atoms with Gasteiger partial charge >= 0.3 is 0 Å². The van der Waals surface area contributed by atoms with Gasteiger partial charge in [0.15, 0.2) is 5.76 Å². The first-order valence-corrected chi connectivity index (χ1v) is 7.33. The topological polar surface area (TPSA) is 41.3 Å². The molecule has 0 radical (unpaired) electrons. The highest BCUT2D eigenvalue weighted by atomic mass is 35.5. The third kappa shape index (κ3) is 3.39. The summed E-state index contributed by atoms with van der Waals surface area (Å²) in [5.41, 5.74) is 1.01. The highest BCUT2D eigenvalue weighted by Crippen LogP contribution is 2.22. The van der Waals surface area contributed by atoms with Gasteiger partial charge < -0.3 is 9.73 Å². The molecule has 1 saturated heterocycles. The minimum Gasteiger partial charge on any atom is -0.439 e. The van der Waals surface area contributed by atoms with Gasteiger partial charge in [0, 0.05) is 23.7 Å². The number of rotatable bonds is 3. The average molecular weight is 292 g/mol. The highest BCUT2D eigenvalue weighted by molar-refractivity contribution is 6.30. The summed E-state index contributed by atoms with van der Waals surface area (Å²) in [6.07, 6.45) is 2.96. The average Bonchev–Trinajstić information content (AvgIpc) is 2.76. The van der Waals surface area contributed by atoms with Crippen LogP contribution in [0.3, 0.4) is 0 Å². The monoisotopic (exact) mass is 291 g/mol. The van der Waals surface area contributed by atoms with Gasteiger partial charge in [0.25, 0.3) is 0 Å². The lowest BCUT2D eigenvalue weighted by Crippen LogP contribution is -2.27. The van der Waals surface area contributed by atoms with E-state index in [1.165, 1.54) is 6.42 Å². The van der Waals surface area contributed by atoms with E-state index < -0.39 is 0 Å². The van der Waals surface area contributed by atoms with E-state index in [1.807, 2.05) is 24.3 Å². The van der Waals surface area contributed by atoms with Crippen LogP contribution >= 0.6 is 11.6 Å². The van der Waals surface area contributed by atoms with E-state index in [-0.39, 0.29) is 0 Å². The van der Waals surface area contributed by atoms with Crippen molar-refractivity contribution in [2.24, 2.45) is 0 Å². The predicted molar refractivity (Wildman–Crippen MR) is 79.7 cm³/mol. The van der Waals surface area contributed by atoms with Gasteiger partial charge in [0.05, 0.1) is 12.7 Å². The van der Waals surface area contributed by atoms with Crippen LogP contribution in [0.4, 0.5) is 0 Å². The lowest BCUT2D eigenvalue weighted by Gasteiger charge is -2.16. The molecule has 1 N–H and O–H groups in total. The van der Waals surface area contributed by atoms with Gasteiger partial charge in [-0.3, -0.25) is 4.90 Å². The SMILES string of the molecule is Clc1ccc(-c2cnc(CN3CCCNCC3)o2)cc1. The first kappa shape index (κ1) is 13.6. The van der Waals surface area contributed by atoms with Crippen LogP contribution in [0.15, 0.2) is 34.9 Å². The molecular weight excluding hydrogens is 274 g/mol. The van der Waals surface area contributed by atoms with Crippen LogP contribution in [0.5, 0.6) is 0 Å². The molecule has 0 bridgehead atoms. The minimum absolute atomic E-state index is 0.727. The third-order valence-corrected chi connectivity index (χ3v) is 3.73. The largest absolute Gasteiger partial charge is 0.439 e. The zero-order chi connectivity index (χ0) is 13.8. The molecule has 0 unspecified atom stereocenters. The summed E-state index contributed by atoms with van der Waals surface area (Å²) < 4.78 is 5.84. The van der Waals surface area contributed by atoms with E-state index in [4.69, 9.17) is 16.0 Å². The van der Waals surface area contributed by atoms with Crippen LogP contribution in [0.2, 0.25) is 5.02 Å². The normalized spacial score (nSPS) is 17.1. The Morgan fingerprint density at radius 3 is 2.90 bits per heavy atom. The van der Waals surface area contributed by atoms with Crippen LogP contribution < -0.4 is 5.32 Å². The molecule has 1 aliphatic heterocycles. The molecule has 0 atom stereocenters. The number of benzene rings is 1. The molecular formula is C15H18ClN3O. The van der Waals surface area contributed by atoms with Crippen LogP contribution in [-0.2, 0) is 6.54 Å². The summed E-state index contributed by atoms with van der Waals surface area (Å²) in [5.74, 6) is 1.57. The molecule has 2 heterocycles. The van der Waals surface area contributed by atoms with Crippen molar-refractivity contribution in [2.75, 3.05) is 26.2 Å². The van der Waals surface area contributed by atoms with Gasteiger partial charge in [0.1, 0.15) is 0 Å². The van der Waals surface area contributed by atoms with Gasteiger partial charge in [0.2, 0.25) is 5.89 Å². The molecule has 2 aromatic rings. The first-order chi connectivity index (χ1) is 9.81. The zero-order valence-electron chi connectivity index (χ0n) is 11.3. The molecule has 5 heteroatoms. The molecule has 4 nitrogen and oxygen atoms in total. The predicted octanol–water partition coefficient (Wildman–Crippen LogP) is 2.79. The number of hydrogen-bond donors (Lipinski definition) is 1. The summed E-state index contributed by atoms with van der Waals surface area (Å²) in [6.45, 7) is 5.03. The molecule has 0 amide bonds. The maximum Gasteiger partial charge on any atom is 0.209 e. The Balaban J connectivity index is 1.68. The van der Waals surface area contributed by atoms with Crippen LogP contribution in [-0.4, -0.2) is 36.1 Å². The Hall–Kier alpha value is -1.36. The van der Waals surface area contributed by atoms with Gasteiger partial charge in [-0.25, -0.2) is 4.98 Å². The van der Waals surface area contributed by atoms with Crippen molar-refractivity contribution in [2.45, 2.75) is 13.0 Å². The van der Waals surface area contributed by atoms with E-state index in [1.54, 1.807) is 6.20 Å². The van der Waals surface area contributed by atoms with Gasteiger partial charge in [-0.2, -0.15) is 0 Å². The zero-order valence-corrected chi connectivity index (χ0v) is 12.1. The molecule has 1 aromatic heterocycles. The van der Waals surface area contributed by atoms with E-state index >= 15 is 0 Å². The molecule has 0 aliphatic carbocycles. The number of halogens is 1. The minimum atomic E-state index is 0.727. The number of nitrogens with zero attached hydrogens (tertiary/aromatic N) is 2. The van der Waals surface area contributed by atoms with E-state index in [0.29, 0.717) is 0 Å². The van der Waals surface area contributed by atoms with Gasteiger partial charge in [-0.15, -0.1) is 0 Å². The van der Waals surface area contributed by atoms with Crippen LogP contribution in [0.25, 0.3) is 11.3 Å². The molecule has 0 spiro atoms. The summed E-state index contributed by atoms with van der Waals surface area (Å²) in [7, 11) is 0. The second-order valence-electron chi connectivity index (χ2n) is 5.00. The third-order valence-electron chi connectivity index (χ3n) is 3.47. The van der Waals surface area contributed by atoms with Crippen LogP contribution in [0, 0.1) is 0 Å². The Morgan fingerprint density at radius 1 is 1.20 bits per heavy atom.